The Kier molecular flexibility index (Phi) is 14.0. The van der Waals surface area contributed by atoms with Gasteiger partial charge in [0.15, 0.2) is 0 Å². The summed E-state index contributed by atoms with van der Waals surface area (Å²) < 4.78 is 10.0. The number of carbonyl (C=O) groups excluding carboxylic acids is 2. The van der Waals surface area contributed by atoms with Gasteiger partial charge in [-0.1, -0.05) is 68.9 Å². The van der Waals surface area contributed by atoms with Crippen LogP contribution < -0.4 is 16.0 Å². The number of carbonyl (C=O) groups is 3. The highest BCUT2D eigenvalue weighted by Crippen LogP contribution is 2.22. The first-order valence-corrected chi connectivity index (χ1v) is 14.1. The van der Waals surface area contributed by atoms with Crippen LogP contribution in [0.1, 0.15) is 97.0 Å². The quantitative estimate of drug-likeness (QED) is 0.329. The van der Waals surface area contributed by atoms with E-state index < -0.39 is 29.8 Å². The molecule has 0 aliphatic heterocycles. The number of hydrogen-bond acceptors (Lipinski definition) is 6. The number of amides is 2. The lowest BCUT2D eigenvalue weighted by Crippen LogP contribution is -2.43. The first-order valence-electron chi connectivity index (χ1n) is 14.1. The molecule has 1 aromatic carbocycles. The van der Waals surface area contributed by atoms with E-state index in [1.807, 2.05) is 6.07 Å². The SMILES string of the molecule is C1CCC(NC2CCCCC2)CC1.CC(C)(C)OC(=O)NCC[C@H](NC(=O)OCc1ccccc1)C(=O)O. The minimum absolute atomic E-state index is 0.00495. The summed E-state index contributed by atoms with van der Waals surface area (Å²) in [6.07, 6.45) is 13.1. The van der Waals surface area contributed by atoms with Crippen molar-refractivity contribution < 1.29 is 29.0 Å². The zero-order valence-electron chi connectivity index (χ0n) is 23.3. The third-order valence-electron chi connectivity index (χ3n) is 6.59. The highest BCUT2D eigenvalue weighted by molar-refractivity contribution is 5.80. The highest BCUT2D eigenvalue weighted by Gasteiger charge is 2.22. The molecule has 2 saturated carbocycles. The first kappa shape index (κ1) is 31.4. The van der Waals surface area contributed by atoms with Gasteiger partial charge in [0.25, 0.3) is 0 Å². The summed E-state index contributed by atoms with van der Waals surface area (Å²) in [5.74, 6) is -1.22. The molecular formula is C29H47N3O6. The van der Waals surface area contributed by atoms with Crippen molar-refractivity contribution in [1.82, 2.24) is 16.0 Å². The maximum Gasteiger partial charge on any atom is 0.408 e. The van der Waals surface area contributed by atoms with E-state index in [2.05, 4.69) is 16.0 Å². The van der Waals surface area contributed by atoms with Crippen LogP contribution in [0.15, 0.2) is 30.3 Å². The van der Waals surface area contributed by atoms with Crippen LogP contribution in [0.4, 0.5) is 9.59 Å². The molecule has 214 valence electrons. The Hall–Kier alpha value is -2.81. The number of aliphatic carboxylic acids is 1. The van der Waals surface area contributed by atoms with E-state index in [1.54, 1.807) is 45.0 Å². The fourth-order valence-electron chi connectivity index (χ4n) is 4.67. The standard InChI is InChI=1S/C17H24N2O6.C12H23N/c1-17(2,3)25-15(22)18-10-9-13(14(20)21)19-16(23)24-11-12-7-5-4-6-8-12;1-3-7-11(8-4-1)13-12-9-5-2-6-10-12/h4-8,13H,9-11H2,1-3H3,(H,18,22)(H,19,23)(H,20,21);11-13H,1-10H2/t13-;/m0./s1. The summed E-state index contributed by atoms with van der Waals surface area (Å²) in [5.41, 5.74) is 0.145. The minimum Gasteiger partial charge on any atom is -0.480 e. The zero-order valence-corrected chi connectivity index (χ0v) is 23.3. The van der Waals surface area contributed by atoms with Crippen molar-refractivity contribution in [2.45, 2.75) is 122 Å². The number of ether oxygens (including phenoxy) is 2. The van der Waals surface area contributed by atoms with Gasteiger partial charge in [0.05, 0.1) is 0 Å². The number of nitrogens with one attached hydrogen (secondary N) is 3. The fraction of sp³-hybridized carbons (Fsp3) is 0.690. The second-order valence-electron chi connectivity index (χ2n) is 11.2. The molecule has 1 atom stereocenters. The predicted octanol–water partition coefficient (Wildman–Crippen LogP) is 5.52. The Morgan fingerprint density at radius 1 is 0.895 bits per heavy atom. The van der Waals surface area contributed by atoms with Crippen molar-refractivity contribution in [3.63, 3.8) is 0 Å². The first-order chi connectivity index (χ1) is 18.1. The zero-order chi connectivity index (χ0) is 27.8. The van der Waals surface area contributed by atoms with Gasteiger partial charge in [0.1, 0.15) is 18.2 Å². The molecule has 9 heteroatoms. The van der Waals surface area contributed by atoms with Crippen LogP contribution in [0.25, 0.3) is 0 Å². The molecule has 3 rings (SSSR count). The Labute approximate surface area is 227 Å². The molecule has 1 aromatic rings. The van der Waals surface area contributed by atoms with E-state index in [-0.39, 0.29) is 19.6 Å². The molecule has 0 radical (unpaired) electrons. The molecular weight excluding hydrogens is 486 g/mol. The fourth-order valence-corrected chi connectivity index (χ4v) is 4.67. The second kappa shape index (κ2) is 16.9. The Balaban J connectivity index is 0.000000323. The monoisotopic (exact) mass is 533 g/mol. The molecule has 2 aliphatic carbocycles. The van der Waals surface area contributed by atoms with Crippen molar-refractivity contribution in [3.05, 3.63) is 35.9 Å². The van der Waals surface area contributed by atoms with E-state index in [0.29, 0.717) is 0 Å². The summed E-state index contributed by atoms with van der Waals surface area (Å²) in [7, 11) is 0. The highest BCUT2D eigenvalue weighted by atomic mass is 16.6. The molecule has 4 N–H and O–H groups in total. The normalized spacial score (nSPS) is 17.3. The van der Waals surface area contributed by atoms with Crippen LogP contribution in [-0.2, 0) is 20.9 Å². The van der Waals surface area contributed by atoms with Crippen LogP contribution in [-0.4, -0.2) is 53.5 Å². The summed E-state index contributed by atoms with van der Waals surface area (Å²) >= 11 is 0. The molecule has 9 nitrogen and oxygen atoms in total. The average molecular weight is 534 g/mol. The largest absolute Gasteiger partial charge is 0.480 e. The molecule has 0 bridgehead atoms. The maximum atomic E-state index is 11.7. The molecule has 2 fully saturated rings. The van der Waals surface area contributed by atoms with Crippen molar-refractivity contribution >= 4 is 18.2 Å². The van der Waals surface area contributed by atoms with Crippen molar-refractivity contribution in [1.29, 1.82) is 0 Å². The van der Waals surface area contributed by atoms with Gasteiger partial charge in [0.2, 0.25) is 0 Å². The van der Waals surface area contributed by atoms with Gasteiger partial charge >= 0.3 is 18.2 Å². The van der Waals surface area contributed by atoms with Crippen LogP contribution in [0, 0.1) is 0 Å². The van der Waals surface area contributed by atoms with Crippen molar-refractivity contribution in [3.8, 4) is 0 Å². The number of benzene rings is 1. The lowest BCUT2D eigenvalue weighted by atomic mass is 9.91. The van der Waals surface area contributed by atoms with Crippen molar-refractivity contribution in [2.24, 2.45) is 0 Å². The lowest BCUT2D eigenvalue weighted by Gasteiger charge is -2.30. The van der Waals surface area contributed by atoms with Gasteiger partial charge in [-0.15, -0.1) is 0 Å². The lowest BCUT2D eigenvalue weighted by molar-refractivity contribution is -0.139. The van der Waals surface area contributed by atoms with Crippen LogP contribution in [0.2, 0.25) is 0 Å². The Morgan fingerprint density at radius 3 is 1.95 bits per heavy atom. The van der Waals surface area contributed by atoms with Crippen LogP contribution in [0.5, 0.6) is 0 Å². The molecule has 2 aliphatic rings. The van der Waals surface area contributed by atoms with Gasteiger partial charge in [-0.25, -0.2) is 14.4 Å². The predicted molar refractivity (Wildman–Crippen MR) is 147 cm³/mol. The van der Waals surface area contributed by atoms with Gasteiger partial charge in [-0.3, -0.25) is 0 Å². The average Bonchev–Trinajstić information content (AvgIpc) is 2.88. The van der Waals surface area contributed by atoms with Gasteiger partial charge in [-0.2, -0.15) is 0 Å². The third-order valence-corrected chi connectivity index (χ3v) is 6.59. The second-order valence-corrected chi connectivity index (χ2v) is 11.2. The number of hydrogen-bond donors (Lipinski definition) is 4. The van der Waals surface area contributed by atoms with Gasteiger partial charge in [-0.05, 0) is 58.4 Å². The molecule has 2 amide bonds. The molecule has 0 aromatic heterocycles. The van der Waals surface area contributed by atoms with Crippen LogP contribution >= 0.6 is 0 Å². The minimum atomic E-state index is -1.22. The Bertz CT molecular complexity index is 814. The van der Waals surface area contributed by atoms with Gasteiger partial charge < -0.3 is 30.5 Å². The number of carboxylic acid groups (broad SMARTS) is 1. The number of alkyl carbamates (subject to hydrolysis) is 2. The van der Waals surface area contributed by atoms with E-state index in [1.165, 1.54) is 64.2 Å². The summed E-state index contributed by atoms with van der Waals surface area (Å²) in [6, 6.07) is 9.57. The summed E-state index contributed by atoms with van der Waals surface area (Å²) in [6.45, 7) is 5.23. The van der Waals surface area contributed by atoms with E-state index >= 15 is 0 Å². The van der Waals surface area contributed by atoms with Crippen LogP contribution in [0.3, 0.4) is 0 Å². The number of carboxylic acids is 1. The number of rotatable bonds is 9. The van der Waals surface area contributed by atoms with Crippen molar-refractivity contribution in [2.75, 3.05) is 6.54 Å². The topological polar surface area (TPSA) is 126 Å². The maximum absolute atomic E-state index is 11.7. The molecule has 0 spiro atoms. The molecule has 0 unspecified atom stereocenters. The molecule has 38 heavy (non-hydrogen) atoms. The summed E-state index contributed by atoms with van der Waals surface area (Å²) in [4.78, 5) is 34.4. The smallest absolute Gasteiger partial charge is 0.408 e. The molecule has 0 heterocycles. The molecule has 0 saturated heterocycles. The third kappa shape index (κ3) is 14.2. The van der Waals surface area contributed by atoms with Gasteiger partial charge in [0, 0.05) is 18.6 Å². The Morgan fingerprint density at radius 2 is 1.45 bits per heavy atom. The van der Waals surface area contributed by atoms with E-state index in [4.69, 9.17) is 14.6 Å². The summed E-state index contributed by atoms with van der Waals surface area (Å²) in [5, 5.41) is 17.7. The van der Waals surface area contributed by atoms with E-state index in [9.17, 15) is 14.4 Å². The van der Waals surface area contributed by atoms with E-state index in [0.717, 1.165) is 17.6 Å².